The van der Waals surface area contributed by atoms with Crippen LogP contribution >= 0.6 is 11.3 Å². The third-order valence-corrected chi connectivity index (χ3v) is 6.40. The molecule has 2 amide bonds. The van der Waals surface area contributed by atoms with E-state index in [0.717, 1.165) is 10.6 Å². The van der Waals surface area contributed by atoms with Gasteiger partial charge in [-0.1, -0.05) is 24.3 Å². The normalized spacial score (nSPS) is 15.8. The van der Waals surface area contributed by atoms with Crippen LogP contribution in [0, 0.1) is 12.7 Å². The summed E-state index contributed by atoms with van der Waals surface area (Å²) in [5.74, 6) is -0.392. The van der Waals surface area contributed by atoms with Gasteiger partial charge in [0.25, 0.3) is 11.8 Å². The Labute approximate surface area is 195 Å². The summed E-state index contributed by atoms with van der Waals surface area (Å²) < 4.78 is 24.2. The predicted octanol–water partition coefficient (Wildman–Crippen LogP) is 3.54. The summed E-state index contributed by atoms with van der Waals surface area (Å²) in [5, 5.41) is 3.63. The van der Waals surface area contributed by atoms with Crippen LogP contribution in [0.5, 0.6) is 5.75 Å². The topological polar surface area (TPSA) is 80.8 Å². The molecule has 4 rings (SSSR count). The lowest BCUT2D eigenvalue weighted by Crippen LogP contribution is -2.53. The van der Waals surface area contributed by atoms with Crippen molar-refractivity contribution < 1.29 is 23.5 Å². The number of para-hydroxylation sites is 1. The Bertz CT molecular complexity index is 1150. The molecule has 0 radical (unpaired) electrons. The molecule has 9 heteroatoms. The second kappa shape index (κ2) is 10.1. The molecular formula is C24H24FN3O4S. The van der Waals surface area contributed by atoms with Crippen molar-refractivity contribution in [2.45, 2.75) is 13.0 Å². The van der Waals surface area contributed by atoms with E-state index in [2.05, 4.69) is 10.3 Å². The first-order chi connectivity index (χ1) is 16.0. The minimum atomic E-state index is -0.354. The van der Waals surface area contributed by atoms with E-state index in [9.17, 15) is 14.0 Å². The first-order valence-corrected chi connectivity index (χ1v) is 11.3. The number of methoxy groups -OCH3 is 1. The second-order valence-electron chi connectivity index (χ2n) is 7.56. The molecule has 0 aliphatic carbocycles. The summed E-state index contributed by atoms with van der Waals surface area (Å²) in [6.45, 7) is 3.13. The van der Waals surface area contributed by atoms with E-state index in [1.807, 2.05) is 6.92 Å². The number of hydrogen-bond acceptors (Lipinski definition) is 6. The highest BCUT2D eigenvalue weighted by Gasteiger charge is 2.32. The summed E-state index contributed by atoms with van der Waals surface area (Å²) in [7, 11) is 1.51. The van der Waals surface area contributed by atoms with Crippen LogP contribution in [0.15, 0.2) is 48.5 Å². The fourth-order valence-electron chi connectivity index (χ4n) is 3.73. The highest BCUT2D eigenvalue weighted by atomic mass is 32.1. The zero-order valence-corrected chi connectivity index (χ0v) is 19.2. The zero-order valence-electron chi connectivity index (χ0n) is 18.3. The third-order valence-electron chi connectivity index (χ3n) is 5.38. The molecule has 1 fully saturated rings. The largest absolute Gasteiger partial charge is 0.496 e. The molecule has 172 valence electrons. The van der Waals surface area contributed by atoms with Crippen LogP contribution in [0.25, 0.3) is 10.4 Å². The molecule has 1 aliphatic rings. The van der Waals surface area contributed by atoms with Crippen LogP contribution in [0.1, 0.15) is 25.9 Å². The van der Waals surface area contributed by atoms with Crippen molar-refractivity contribution in [1.82, 2.24) is 15.2 Å². The molecule has 33 heavy (non-hydrogen) atoms. The molecule has 3 aromatic rings. The Morgan fingerprint density at radius 3 is 2.76 bits per heavy atom. The average molecular weight is 470 g/mol. The quantitative estimate of drug-likeness (QED) is 0.597. The fraction of sp³-hybridized carbons (Fsp3) is 0.292. The highest BCUT2D eigenvalue weighted by Crippen LogP contribution is 2.31. The van der Waals surface area contributed by atoms with E-state index in [0.29, 0.717) is 41.6 Å². The van der Waals surface area contributed by atoms with Crippen molar-refractivity contribution in [3.63, 3.8) is 0 Å². The summed E-state index contributed by atoms with van der Waals surface area (Å²) >= 11 is 1.39. The number of carbonyl (C=O) groups is 2. The lowest BCUT2D eigenvalue weighted by molar-refractivity contribution is -0.00153. The molecule has 7 nitrogen and oxygen atoms in total. The number of carbonyl (C=O) groups excluding carboxylic acids is 2. The maximum Gasteiger partial charge on any atom is 0.274 e. The number of aromatic nitrogens is 1. The number of amides is 2. The summed E-state index contributed by atoms with van der Waals surface area (Å²) in [6.07, 6.45) is 0. The van der Waals surface area contributed by atoms with E-state index in [1.54, 1.807) is 41.3 Å². The van der Waals surface area contributed by atoms with Gasteiger partial charge >= 0.3 is 0 Å². The van der Waals surface area contributed by atoms with Gasteiger partial charge in [-0.05, 0) is 36.8 Å². The Morgan fingerprint density at radius 1 is 1.24 bits per heavy atom. The Morgan fingerprint density at radius 2 is 2.00 bits per heavy atom. The lowest BCUT2D eigenvalue weighted by atomic mass is 10.1. The SMILES string of the molecule is COc1ccccc1C(=O)NCC1COCCN1C(=O)c1nc(C)sc1-c1ccc(F)cc1. The molecule has 2 heterocycles. The monoisotopic (exact) mass is 469 g/mol. The number of nitrogens with one attached hydrogen (secondary N) is 1. The second-order valence-corrected chi connectivity index (χ2v) is 8.76. The number of aryl methyl sites for hydroxylation is 1. The molecule has 1 unspecified atom stereocenters. The fourth-order valence-corrected chi connectivity index (χ4v) is 4.65. The number of benzene rings is 2. The van der Waals surface area contributed by atoms with Gasteiger partial charge in [0, 0.05) is 13.1 Å². The van der Waals surface area contributed by atoms with Gasteiger partial charge in [0.1, 0.15) is 17.3 Å². The first-order valence-electron chi connectivity index (χ1n) is 10.5. The van der Waals surface area contributed by atoms with Crippen LogP contribution in [0.2, 0.25) is 0 Å². The van der Waals surface area contributed by atoms with Crippen molar-refractivity contribution in [3.05, 3.63) is 70.6 Å². The molecule has 1 aliphatic heterocycles. The molecule has 0 saturated carbocycles. The van der Waals surface area contributed by atoms with E-state index >= 15 is 0 Å². The van der Waals surface area contributed by atoms with Gasteiger partial charge in [0.15, 0.2) is 0 Å². The van der Waals surface area contributed by atoms with Crippen molar-refractivity contribution >= 4 is 23.2 Å². The zero-order chi connectivity index (χ0) is 23.4. The number of morpholine rings is 1. The Hall–Kier alpha value is -3.30. The molecule has 0 spiro atoms. The van der Waals surface area contributed by atoms with Crippen LogP contribution in [0.3, 0.4) is 0 Å². The van der Waals surface area contributed by atoms with Crippen LogP contribution in [-0.2, 0) is 4.74 Å². The van der Waals surface area contributed by atoms with Gasteiger partial charge in [0.2, 0.25) is 0 Å². The van der Waals surface area contributed by atoms with Gasteiger partial charge in [-0.25, -0.2) is 9.37 Å². The Balaban J connectivity index is 1.52. The lowest BCUT2D eigenvalue weighted by Gasteiger charge is -2.35. The maximum atomic E-state index is 13.5. The van der Waals surface area contributed by atoms with Crippen LogP contribution < -0.4 is 10.1 Å². The van der Waals surface area contributed by atoms with Gasteiger partial charge in [-0.15, -0.1) is 11.3 Å². The predicted molar refractivity (Wildman–Crippen MR) is 123 cm³/mol. The van der Waals surface area contributed by atoms with Crippen molar-refractivity contribution in [3.8, 4) is 16.2 Å². The molecular weight excluding hydrogens is 445 g/mol. The number of halogens is 1. The van der Waals surface area contributed by atoms with Gasteiger partial charge in [0.05, 0.1) is 41.8 Å². The van der Waals surface area contributed by atoms with Gasteiger partial charge in [-0.2, -0.15) is 0 Å². The molecule has 0 bridgehead atoms. The van der Waals surface area contributed by atoms with E-state index in [4.69, 9.17) is 9.47 Å². The van der Waals surface area contributed by atoms with Crippen molar-refractivity contribution in [2.75, 3.05) is 33.4 Å². The molecule has 1 saturated heterocycles. The smallest absolute Gasteiger partial charge is 0.274 e. The van der Waals surface area contributed by atoms with E-state index in [-0.39, 0.29) is 30.2 Å². The number of nitrogens with zero attached hydrogens (tertiary/aromatic N) is 2. The number of thiazole rings is 1. The average Bonchev–Trinajstić information content (AvgIpc) is 3.24. The summed E-state index contributed by atoms with van der Waals surface area (Å²) in [6, 6.07) is 12.6. The molecule has 1 N–H and O–H groups in total. The minimum Gasteiger partial charge on any atom is -0.496 e. The third kappa shape index (κ3) is 5.04. The summed E-state index contributed by atoms with van der Waals surface area (Å²) in [4.78, 5) is 33.1. The molecule has 1 aromatic heterocycles. The highest BCUT2D eigenvalue weighted by molar-refractivity contribution is 7.15. The van der Waals surface area contributed by atoms with Crippen molar-refractivity contribution in [1.29, 1.82) is 0 Å². The first kappa shape index (κ1) is 22.9. The molecule has 2 aromatic carbocycles. The van der Waals surface area contributed by atoms with Crippen LogP contribution in [-0.4, -0.2) is 61.2 Å². The van der Waals surface area contributed by atoms with Gasteiger partial charge < -0.3 is 19.7 Å². The van der Waals surface area contributed by atoms with Gasteiger partial charge in [-0.3, -0.25) is 9.59 Å². The van der Waals surface area contributed by atoms with E-state index in [1.165, 1.54) is 30.6 Å². The van der Waals surface area contributed by atoms with Crippen LogP contribution in [0.4, 0.5) is 4.39 Å². The van der Waals surface area contributed by atoms with Crippen molar-refractivity contribution in [2.24, 2.45) is 0 Å². The standard InChI is InChI=1S/C24H24FN3O4S/c1-15-27-21(22(33-15)16-7-9-17(25)10-8-16)24(30)28-11-12-32-14-18(28)13-26-23(29)19-5-3-4-6-20(19)31-2/h3-10,18H,11-14H2,1-2H3,(H,26,29). The van der Waals surface area contributed by atoms with E-state index < -0.39 is 0 Å². The number of hydrogen-bond donors (Lipinski definition) is 1. The Kier molecular flexibility index (Phi) is 7.00. The number of rotatable bonds is 6. The summed E-state index contributed by atoms with van der Waals surface area (Å²) in [5.41, 5.74) is 1.48. The maximum absolute atomic E-state index is 13.5. The number of ether oxygens (including phenoxy) is 2. The molecule has 1 atom stereocenters. The minimum absolute atomic E-state index is 0.220.